The molecule has 3 aromatic rings. The maximum atomic E-state index is 13.7. The van der Waals surface area contributed by atoms with Gasteiger partial charge < -0.3 is 10.6 Å². The highest BCUT2D eigenvalue weighted by Gasteiger charge is 2.17. The molecule has 5 nitrogen and oxygen atoms in total. The van der Waals surface area contributed by atoms with E-state index in [4.69, 9.17) is 0 Å². The van der Waals surface area contributed by atoms with Crippen molar-refractivity contribution in [1.82, 2.24) is 9.97 Å². The number of benzene rings is 2. The number of hydrogen-bond donors (Lipinski definition) is 2. The monoisotopic (exact) mass is 386 g/mol. The van der Waals surface area contributed by atoms with E-state index in [0.29, 0.717) is 11.7 Å². The van der Waals surface area contributed by atoms with Crippen LogP contribution in [0.2, 0.25) is 0 Å². The van der Waals surface area contributed by atoms with Crippen molar-refractivity contribution in [3.63, 3.8) is 0 Å². The van der Waals surface area contributed by atoms with Gasteiger partial charge in [0.25, 0.3) is 5.91 Å². The minimum atomic E-state index is -1.66. The van der Waals surface area contributed by atoms with Crippen LogP contribution in [0.15, 0.2) is 48.8 Å². The van der Waals surface area contributed by atoms with Crippen molar-refractivity contribution in [2.45, 2.75) is 19.8 Å². The van der Waals surface area contributed by atoms with Crippen LogP contribution in [0.4, 0.5) is 30.4 Å². The number of carbonyl (C=O) groups is 1. The Hall–Kier alpha value is -3.42. The lowest BCUT2D eigenvalue weighted by atomic mass is 10.0. The molecule has 0 aliphatic heterocycles. The zero-order chi connectivity index (χ0) is 20.3. The minimum Gasteiger partial charge on any atom is -0.339 e. The van der Waals surface area contributed by atoms with E-state index in [9.17, 15) is 18.0 Å². The third-order valence-corrected chi connectivity index (χ3v) is 4.01. The van der Waals surface area contributed by atoms with Gasteiger partial charge in [0, 0.05) is 5.69 Å². The molecule has 0 fully saturated rings. The van der Waals surface area contributed by atoms with Crippen molar-refractivity contribution in [3.05, 3.63) is 77.5 Å². The van der Waals surface area contributed by atoms with E-state index < -0.39 is 29.0 Å². The predicted octanol–water partition coefficient (Wildman–Crippen LogP) is 5.01. The zero-order valence-electron chi connectivity index (χ0n) is 15.1. The topological polar surface area (TPSA) is 66.9 Å². The molecule has 0 bridgehead atoms. The average molecular weight is 386 g/mol. The maximum Gasteiger partial charge on any atom is 0.275 e. The molecule has 0 aliphatic carbocycles. The fourth-order valence-corrected chi connectivity index (χ4v) is 2.57. The molecular weight excluding hydrogens is 369 g/mol. The van der Waals surface area contributed by atoms with Crippen molar-refractivity contribution in [2.24, 2.45) is 0 Å². The summed E-state index contributed by atoms with van der Waals surface area (Å²) >= 11 is 0. The molecule has 1 amide bonds. The van der Waals surface area contributed by atoms with Crippen LogP contribution in [0.5, 0.6) is 0 Å². The molecule has 8 heteroatoms. The SMILES string of the molecule is CC(C)c1ccccc1Nc1cnc(C(=O)Nc2ccc(F)c(F)c2F)cn1. The summed E-state index contributed by atoms with van der Waals surface area (Å²) in [6, 6.07) is 9.38. The van der Waals surface area contributed by atoms with Gasteiger partial charge in [-0.3, -0.25) is 4.79 Å². The number of carbonyl (C=O) groups excluding carboxylic acids is 1. The molecule has 144 valence electrons. The van der Waals surface area contributed by atoms with Crippen molar-refractivity contribution >= 4 is 23.1 Å². The quantitative estimate of drug-likeness (QED) is 0.605. The largest absolute Gasteiger partial charge is 0.339 e. The number of rotatable bonds is 5. The summed E-state index contributed by atoms with van der Waals surface area (Å²) in [5, 5.41) is 5.28. The first-order valence-corrected chi connectivity index (χ1v) is 8.49. The Morgan fingerprint density at radius 2 is 1.68 bits per heavy atom. The van der Waals surface area contributed by atoms with E-state index in [2.05, 4.69) is 34.4 Å². The lowest BCUT2D eigenvalue weighted by molar-refractivity contribution is 0.102. The lowest BCUT2D eigenvalue weighted by Gasteiger charge is -2.14. The van der Waals surface area contributed by atoms with Crippen LogP contribution < -0.4 is 10.6 Å². The van der Waals surface area contributed by atoms with Crippen LogP contribution in [0.1, 0.15) is 35.8 Å². The van der Waals surface area contributed by atoms with E-state index in [1.54, 1.807) is 0 Å². The van der Waals surface area contributed by atoms with Gasteiger partial charge >= 0.3 is 0 Å². The van der Waals surface area contributed by atoms with Gasteiger partial charge in [0.15, 0.2) is 17.5 Å². The van der Waals surface area contributed by atoms with E-state index in [1.807, 2.05) is 24.3 Å². The highest BCUT2D eigenvalue weighted by molar-refractivity contribution is 6.02. The summed E-state index contributed by atoms with van der Waals surface area (Å²) in [6.07, 6.45) is 2.56. The second-order valence-electron chi connectivity index (χ2n) is 6.33. The minimum absolute atomic E-state index is 0.105. The van der Waals surface area contributed by atoms with Gasteiger partial charge in [-0.1, -0.05) is 32.0 Å². The Morgan fingerprint density at radius 3 is 2.36 bits per heavy atom. The molecule has 28 heavy (non-hydrogen) atoms. The number of halogens is 3. The summed E-state index contributed by atoms with van der Waals surface area (Å²) in [5.74, 6) is -4.56. The molecule has 0 atom stereocenters. The molecule has 0 radical (unpaired) electrons. The molecule has 0 saturated heterocycles. The average Bonchev–Trinajstić information content (AvgIpc) is 2.69. The number of para-hydroxylation sites is 1. The number of hydrogen-bond acceptors (Lipinski definition) is 4. The summed E-state index contributed by atoms with van der Waals surface area (Å²) < 4.78 is 39.9. The van der Waals surface area contributed by atoms with E-state index in [1.165, 1.54) is 12.4 Å². The second kappa shape index (κ2) is 8.08. The van der Waals surface area contributed by atoms with Gasteiger partial charge in [-0.15, -0.1) is 0 Å². The Bertz CT molecular complexity index is 1010. The first kappa shape index (κ1) is 19.3. The van der Waals surface area contributed by atoms with Crippen LogP contribution in [0, 0.1) is 17.5 Å². The third-order valence-electron chi connectivity index (χ3n) is 4.01. The van der Waals surface area contributed by atoms with Crippen LogP contribution in [0.3, 0.4) is 0 Å². The molecule has 2 aromatic carbocycles. The number of amides is 1. The third kappa shape index (κ3) is 4.11. The first-order chi connectivity index (χ1) is 13.4. The van der Waals surface area contributed by atoms with Crippen molar-refractivity contribution in [3.8, 4) is 0 Å². The Balaban J connectivity index is 1.74. The maximum absolute atomic E-state index is 13.7. The van der Waals surface area contributed by atoms with Crippen LogP contribution in [-0.4, -0.2) is 15.9 Å². The molecule has 2 N–H and O–H groups in total. The molecule has 1 aromatic heterocycles. The molecule has 0 spiro atoms. The van der Waals surface area contributed by atoms with Crippen LogP contribution >= 0.6 is 0 Å². The predicted molar refractivity (Wildman–Crippen MR) is 100 cm³/mol. The van der Waals surface area contributed by atoms with Crippen LogP contribution in [0.25, 0.3) is 0 Å². The fraction of sp³-hybridized carbons (Fsp3) is 0.150. The van der Waals surface area contributed by atoms with E-state index in [-0.39, 0.29) is 5.69 Å². The molecule has 3 rings (SSSR count). The van der Waals surface area contributed by atoms with Crippen molar-refractivity contribution in [2.75, 3.05) is 10.6 Å². The van der Waals surface area contributed by atoms with E-state index in [0.717, 1.165) is 23.4 Å². The molecule has 0 unspecified atom stereocenters. The molecule has 0 saturated carbocycles. The summed E-state index contributed by atoms with van der Waals surface area (Å²) in [6.45, 7) is 4.13. The van der Waals surface area contributed by atoms with Crippen molar-refractivity contribution in [1.29, 1.82) is 0 Å². The Morgan fingerprint density at radius 1 is 0.929 bits per heavy atom. The molecule has 0 aliphatic rings. The van der Waals surface area contributed by atoms with Crippen LogP contribution in [-0.2, 0) is 0 Å². The van der Waals surface area contributed by atoms with Gasteiger partial charge in [-0.05, 0) is 29.7 Å². The van der Waals surface area contributed by atoms with Gasteiger partial charge in [0.1, 0.15) is 11.5 Å². The molecular formula is C20H17F3N4O. The number of aromatic nitrogens is 2. The fourth-order valence-electron chi connectivity index (χ4n) is 2.57. The number of nitrogens with one attached hydrogen (secondary N) is 2. The van der Waals surface area contributed by atoms with Crippen molar-refractivity contribution < 1.29 is 18.0 Å². The Labute approximate surface area is 159 Å². The number of anilines is 3. The van der Waals surface area contributed by atoms with E-state index >= 15 is 0 Å². The lowest BCUT2D eigenvalue weighted by Crippen LogP contribution is -2.16. The zero-order valence-corrected chi connectivity index (χ0v) is 15.1. The first-order valence-electron chi connectivity index (χ1n) is 8.49. The van der Waals surface area contributed by atoms with Gasteiger partial charge in [0.2, 0.25) is 0 Å². The highest BCUT2D eigenvalue weighted by Crippen LogP contribution is 2.26. The summed E-state index contributed by atoms with van der Waals surface area (Å²) in [7, 11) is 0. The highest BCUT2D eigenvalue weighted by atomic mass is 19.2. The smallest absolute Gasteiger partial charge is 0.275 e. The number of nitrogens with zero attached hydrogens (tertiary/aromatic N) is 2. The Kier molecular flexibility index (Phi) is 5.58. The second-order valence-corrected chi connectivity index (χ2v) is 6.33. The molecule has 1 heterocycles. The normalized spacial score (nSPS) is 10.8. The van der Waals surface area contributed by atoms with Gasteiger partial charge in [0.05, 0.1) is 18.1 Å². The summed E-state index contributed by atoms with van der Waals surface area (Å²) in [5.41, 5.74) is 1.37. The van der Waals surface area contributed by atoms with Gasteiger partial charge in [-0.2, -0.15) is 0 Å². The summed E-state index contributed by atoms with van der Waals surface area (Å²) in [4.78, 5) is 20.3. The van der Waals surface area contributed by atoms with Gasteiger partial charge in [-0.25, -0.2) is 23.1 Å². The standard InChI is InChI=1S/C20H17F3N4O/c1-11(2)12-5-3-4-6-14(12)26-17-10-24-16(9-25-17)20(28)27-15-8-7-13(21)18(22)19(15)23/h3-11H,1-2H3,(H,25,26)(H,27,28).